The number of rotatable bonds is 6. The highest BCUT2D eigenvalue weighted by Crippen LogP contribution is 2.22. The Bertz CT molecular complexity index is 901. The van der Waals surface area contributed by atoms with Crippen molar-refractivity contribution in [2.45, 2.75) is 19.9 Å². The summed E-state index contributed by atoms with van der Waals surface area (Å²) in [5.74, 6) is 1.38. The Morgan fingerprint density at radius 2 is 1.85 bits per heavy atom. The maximum absolute atomic E-state index is 12.7. The van der Waals surface area contributed by atoms with Crippen LogP contribution < -0.4 is 10.1 Å². The number of hydrogen-bond donors (Lipinski definition) is 1. The number of carbonyl (C=O) groups is 1. The molecule has 3 aromatic rings. The molecule has 7 nitrogen and oxygen atoms in total. The molecular formula is C20H23N5O2. The molecule has 1 N–H and O–H groups in total. The Balaban J connectivity index is 1.75. The zero-order valence-corrected chi connectivity index (χ0v) is 15.9. The van der Waals surface area contributed by atoms with Crippen molar-refractivity contribution in [3.63, 3.8) is 0 Å². The summed E-state index contributed by atoms with van der Waals surface area (Å²) in [5, 5.41) is 11.2. The number of ether oxygens (including phenoxy) is 1. The number of aryl methyl sites for hydroxylation is 1. The van der Waals surface area contributed by atoms with Crippen molar-refractivity contribution >= 4 is 5.91 Å². The van der Waals surface area contributed by atoms with Crippen LogP contribution in [0, 0.1) is 5.92 Å². The molecule has 0 aliphatic heterocycles. The molecule has 1 aromatic carbocycles. The molecule has 27 heavy (non-hydrogen) atoms. The normalized spacial score (nSPS) is 12.0. The Morgan fingerprint density at radius 1 is 1.11 bits per heavy atom. The maximum atomic E-state index is 12.7. The number of nitrogens with one attached hydrogen (secondary N) is 1. The zero-order valence-electron chi connectivity index (χ0n) is 15.9. The highest BCUT2D eigenvalue weighted by Gasteiger charge is 2.22. The molecule has 0 fully saturated rings. The van der Waals surface area contributed by atoms with E-state index in [4.69, 9.17) is 4.74 Å². The van der Waals surface area contributed by atoms with Crippen molar-refractivity contribution in [1.82, 2.24) is 25.1 Å². The predicted molar refractivity (Wildman–Crippen MR) is 102 cm³/mol. The van der Waals surface area contributed by atoms with Crippen molar-refractivity contribution in [3.05, 3.63) is 60.2 Å². The zero-order chi connectivity index (χ0) is 19.4. The molecule has 0 radical (unpaired) electrons. The van der Waals surface area contributed by atoms with Gasteiger partial charge in [-0.2, -0.15) is 0 Å². The fraction of sp³-hybridized carbons (Fsp3) is 0.300. The van der Waals surface area contributed by atoms with Crippen LogP contribution in [0.25, 0.3) is 11.3 Å². The molecule has 0 aliphatic carbocycles. The van der Waals surface area contributed by atoms with Crippen LogP contribution in [0.1, 0.15) is 36.1 Å². The van der Waals surface area contributed by atoms with E-state index >= 15 is 0 Å². The first-order chi connectivity index (χ1) is 13.0. The van der Waals surface area contributed by atoms with E-state index < -0.39 is 0 Å². The molecule has 2 aromatic heterocycles. The van der Waals surface area contributed by atoms with Gasteiger partial charge in [0.25, 0.3) is 5.91 Å². The summed E-state index contributed by atoms with van der Waals surface area (Å²) in [6.45, 7) is 4.12. The molecule has 7 heteroatoms. The molecule has 0 aliphatic rings. The molecule has 1 unspecified atom stereocenters. The Kier molecular flexibility index (Phi) is 5.49. The van der Waals surface area contributed by atoms with Crippen molar-refractivity contribution in [2.24, 2.45) is 13.0 Å². The molecule has 2 heterocycles. The first-order valence-electron chi connectivity index (χ1n) is 8.76. The quantitative estimate of drug-likeness (QED) is 0.726. The first kappa shape index (κ1) is 18.6. The lowest BCUT2D eigenvalue weighted by Gasteiger charge is -2.22. The van der Waals surface area contributed by atoms with E-state index in [0.29, 0.717) is 11.4 Å². The fourth-order valence-electron chi connectivity index (χ4n) is 2.81. The van der Waals surface area contributed by atoms with Crippen LogP contribution in [0.15, 0.2) is 48.8 Å². The number of hydrogen-bond acceptors (Lipinski definition) is 5. The number of methoxy groups -OCH3 is 1. The van der Waals surface area contributed by atoms with Gasteiger partial charge in [-0.15, -0.1) is 10.2 Å². The minimum atomic E-state index is -0.162. The molecule has 3 rings (SSSR count). The SMILES string of the molecule is COc1ccc(-c2ccc(C(=O)NC(c3nccn3C)C(C)C)cc2)nn1. The second-order valence-electron chi connectivity index (χ2n) is 6.63. The second-order valence-corrected chi connectivity index (χ2v) is 6.63. The van der Waals surface area contributed by atoms with Gasteiger partial charge in [-0.3, -0.25) is 4.79 Å². The van der Waals surface area contributed by atoms with E-state index in [-0.39, 0.29) is 17.9 Å². The van der Waals surface area contributed by atoms with Crippen LogP contribution in [0.2, 0.25) is 0 Å². The van der Waals surface area contributed by atoms with Gasteiger partial charge < -0.3 is 14.6 Å². The van der Waals surface area contributed by atoms with Crippen molar-refractivity contribution < 1.29 is 9.53 Å². The van der Waals surface area contributed by atoms with Gasteiger partial charge in [0.2, 0.25) is 5.88 Å². The van der Waals surface area contributed by atoms with E-state index in [1.807, 2.05) is 36.0 Å². The highest BCUT2D eigenvalue weighted by atomic mass is 16.5. The van der Waals surface area contributed by atoms with Gasteiger partial charge >= 0.3 is 0 Å². The van der Waals surface area contributed by atoms with Gasteiger partial charge in [0.15, 0.2) is 0 Å². The van der Waals surface area contributed by atoms with Gasteiger partial charge in [0.1, 0.15) is 5.82 Å². The highest BCUT2D eigenvalue weighted by molar-refractivity contribution is 5.94. The lowest BCUT2D eigenvalue weighted by atomic mass is 10.0. The molecule has 1 atom stereocenters. The largest absolute Gasteiger partial charge is 0.480 e. The minimum absolute atomic E-state index is 0.135. The van der Waals surface area contributed by atoms with Crippen LogP contribution in [-0.2, 0) is 7.05 Å². The maximum Gasteiger partial charge on any atom is 0.251 e. The molecule has 1 amide bonds. The molecule has 0 saturated heterocycles. The fourth-order valence-corrected chi connectivity index (χ4v) is 2.81. The van der Waals surface area contributed by atoms with Gasteiger partial charge in [0, 0.05) is 36.6 Å². The summed E-state index contributed by atoms with van der Waals surface area (Å²) in [6.07, 6.45) is 3.61. The summed E-state index contributed by atoms with van der Waals surface area (Å²) >= 11 is 0. The number of nitrogens with zero attached hydrogens (tertiary/aromatic N) is 4. The average Bonchev–Trinajstić information content (AvgIpc) is 3.11. The summed E-state index contributed by atoms with van der Waals surface area (Å²) in [6, 6.07) is 10.7. The summed E-state index contributed by atoms with van der Waals surface area (Å²) < 4.78 is 6.94. The Morgan fingerprint density at radius 3 is 2.37 bits per heavy atom. The van der Waals surface area contributed by atoms with Crippen LogP contribution in [-0.4, -0.2) is 32.8 Å². The Labute approximate surface area is 158 Å². The standard InChI is InChI=1S/C20H23N5O2/c1-13(2)18(19-21-11-12-25(19)3)22-20(26)15-7-5-14(6-8-15)16-9-10-17(27-4)24-23-16/h5-13,18H,1-4H3,(H,22,26). The van der Waals surface area contributed by atoms with Crippen LogP contribution >= 0.6 is 0 Å². The van der Waals surface area contributed by atoms with Crippen molar-refractivity contribution in [3.8, 4) is 17.1 Å². The molecule has 0 bridgehead atoms. The van der Waals surface area contributed by atoms with E-state index in [2.05, 4.69) is 34.3 Å². The van der Waals surface area contributed by atoms with Crippen molar-refractivity contribution in [1.29, 1.82) is 0 Å². The lowest BCUT2D eigenvalue weighted by Crippen LogP contribution is -2.33. The van der Waals surface area contributed by atoms with E-state index in [0.717, 1.165) is 17.1 Å². The number of amides is 1. The topological polar surface area (TPSA) is 81.9 Å². The predicted octanol–water partition coefficient (Wildman–Crippen LogP) is 3.01. The number of aromatic nitrogens is 4. The second kappa shape index (κ2) is 7.99. The number of carbonyl (C=O) groups excluding carboxylic acids is 1. The van der Waals surface area contributed by atoms with Gasteiger partial charge in [-0.25, -0.2) is 4.98 Å². The number of benzene rings is 1. The van der Waals surface area contributed by atoms with E-state index in [1.54, 1.807) is 31.5 Å². The molecular weight excluding hydrogens is 342 g/mol. The minimum Gasteiger partial charge on any atom is -0.480 e. The third-order valence-electron chi connectivity index (χ3n) is 4.38. The third kappa shape index (κ3) is 4.13. The molecule has 140 valence electrons. The average molecular weight is 365 g/mol. The van der Waals surface area contributed by atoms with Crippen LogP contribution in [0.4, 0.5) is 0 Å². The monoisotopic (exact) mass is 365 g/mol. The van der Waals surface area contributed by atoms with Gasteiger partial charge in [-0.05, 0) is 24.1 Å². The summed E-state index contributed by atoms with van der Waals surface area (Å²) in [5.41, 5.74) is 2.18. The third-order valence-corrected chi connectivity index (χ3v) is 4.38. The van der Waals surface area contributed by atoms with E-state index in [9.17, 15) is 4.79 Å². The van der Waals surface area contributed by atoms with Gasteiger partial charge in [-0.1, -0.05) is 26.0 Å². The van der Waals surface area contributed by atoms with Crippen LogP contribution in [0.3, 0.4) is 0 Å². The smallest absolute Gasteiger partial charge is 0.251 e. The summed E-state index contributed by atoms with van der Waals surface area (Å²) in [7, 11) is 3.47. The number of imidazole rings is 1. The first-order valence-corrected chi connectivity index (χ1v) is 8.76. The Hall–Kier alpha value is -3.22. The van der Waals surface area contributed by atoms with Crippen LogP contribution in [0.5, 0.6) is 5.88 Å². The lowest BCUT2D eigenvalue weighted by molar-refractivity contribution is 0.0922. The van der Waals surface area contributed by atoms with Gasteiger partial charge in [0.05, 0.1) is 18.8 Å². The molecule has 0 spiro atoms. The van der Waals surface area contributed by atoms with Crippen molar-refractivity contribution in [2.75, 3.05) is 7.11 Å². The van der Waals surface area contributed by atoms with E-state index in [1.165, 1.54) is 0 Å². The molecule has 0 saturated carbocycles. The summed E-state index contributed by atoms with van der Waals surface area (Å²) in [4.78, 5) is 17.1.